The van der Waals surface area contributed by atoms with Gasteiger partial charge in [-0.2, -0.15) is 0 Å². The van der Waals surface area contributed by atoms with Gasteiger partial charge >= 0.3 is 5.97 Å². The summed E-state index contributed by atoms with van der Waals surface area (Å²) in [6.45, 7) is 2.07. The standard InChI is InChI=1S/C16H19NO4/c1-2-11(8-15(19)20)10-17-14(18)9-13(16(17)21)12-6-4-3-5-7-12/h3-7,11,13H,2,8-10H2,1H3,(H,19,20). The molecule has 2 unspecified atom stereocenters. The van der Waals surface area contributed by atoms with Crippen molar-refractivity contribution in [2.24, 2.45) is 5.92 Å². The molecule has 0 aliphatic carbocycles. The van der Waals surface area contributed by atoms with E-state index in [1.165, 1.54) is 4.90 Å². The van der Waals surface area contributed by atoms with Gasteiger partial charge in [0.15, 0.2) is 0 Å². The normalized spacial score (nSPS) is 19.9. The van der Waals surface area contributed by atoms with Crippen LogP contribution in [0.15, 0.2) is 30.3 Å². The summed E-state index contributed by atoms with van der Waals surface area (Å²) in [5.41, 5.74) is 0.838. The van der Waals surface area contributed by atoms with Gasteiger partial charge in [-0.25, -0.2) is 0 Å². The van der Waals surface area contributed by atoms with Crippen molar-refractivity contribution in [3.63, 3.8) is 0 Å². The van der Waals surface area contributed by atoms with Crippen molar-refractivity contribution < 1.29 is 19.5 Å². The van der Waals surface area contributed by atoms with Crippen LogP contribution in [0, 0.1) is 5.92 Å². The molecule has 112 valence electrons. The molecule has 0 aromatic heterocycles. The largest absolute Gasteiger partial charge is 0.481 e. The fraction of sp³-hybridized carbons (Fsp3) is 0.438. The highest BCUT2D eigenvalue weighted by Gasteiger charge is 2.40. The Balaban J connectivity index is 2.10. The first kappa shape index (κ1) is 15.2. The predicted molar refractivity (Wildman–Crippen MR) is 76.6 cm³/mol. The number of likely N-dealkylation sites (tertiary alicyclic amines) is 1. The number of carboxylic acid groups (broad SMARTS) is 1. The summed E-state index contributed by atoms with van der Waals surface area (Å²) in [5.74, 6) is -1.95. The van der Waals surface area contributed by atoms with Crippen LogP contribution < -0.4 is 0 Å². The quantitative estimate of drug-likeness (QED) is 0.813. The van der Waals surface area contributed by atoms with Crippen LogP contribution in [0.5, 0.6) is 0 Å². The molecule has 5 heteroatoms. The Morgan fingerprint density at radius 3 is 2.57 bits per heavy atom. The maximum atomic E-state index is 12.4. The van der Waals surface area contributed by atoms with E-state index in [2.05, 4.69) is 0 Å². The van der Waals surface area contributed by atoms with E-state index in [0.717, 1.165) is 5.56 Å². The molecule has 0 radical (unpaired) electrons. The van der Waals surface area contributed by atoms with Gasteiger partial charge in [-0.1, -0.05) is 43.7 Å². The van der Waals surface area contributed by atoms with E-state index in [9.17, 15) is 14.4 Å². The second kappa shape index (κ2) is 6.52. The lowest BCUT2D eigenvalue weighted by atomic mass is 9.97. The smallest absolute Gasteiger partial charge is 0.303 e. The first-order chi connectivity index (χ1) is 10.0. The second-order valence-corrected chi connectivity index (χ2v) is 5.38. The second-order valence-electron chi connectivity index (χ2n) is 5.38. The average Bonchev–Trinajstić information content (AvgIpc) is 2.75. The van der Waals surface area contributed by atoms with Crippen LogP contribution in [0.3, 0.4) is 0 Å². The molecule has 1 aromatic rings. The molecule has 1 heterocycles. The summed E-state index contributed by atoms with van der Waals surface area (Å²) in [6.07, 6.45) is 0.773. The number of hydrogen-bond acceptors (Lipinski definition) is 3. The molecular formula is C16H19NO4. The third-order valence-electron chi connectivity index (χ3n) is 3.93. The summed E-state index contributed by atoms with van der Waals surface area (Å²) in [5, 5.41) is 8.86. The minimum atomic E-state index is -0.902. The molecule has 1 N–H and O–H groups in total. The Morgan fingerprint density at radius 1 is 1.33 bits per heavy atom. The van der Waals surface area contributed by atoms with E-state index in [4.69, 9.17) is 5.11 Å². The summed E-state index contributed by atoms with van der Waals surface area (Å²) in [6, 6.07) is 9.23. The lowest BCUT2D eigenvalue weighted by Crippen LogP contribution is -2.35. The van der Waals surface area contributed by atoms with Crippen molar-refractivity contribution in [1.82, 2.24) is 4.90 Å². The van der Waals surface area contributed by atoms with Crippen LogP contribution >= 0.6 is 0 Å². The van der Waals surface area contributed by atoms with Crippen LogP contribution in [0.1, 0.15) is 37.7 Å². The van der Waals surface area contributed by atoms with Crippen LogP contribution in [-0.2, 0) is 14.4 Å². The van der Waals surface area contributed by atoms with Crippen LogP contribution in [0.2, 0.25) is 0 Å². The SMILES string of the molecule is CCC(CC(=O)O)CN1C(=O)CC(c2ccccc2)C1=O. The molecular weight excluding hydrogens is 270 g/mol. The maximum absolute atomic E-state index is 12.4. The Labute approximate surface area is 123 Å². The molecule has 1 aliphatic rings. The number of nitrogens with zero attached hydrogens (tertiary/aromatic N) is 1. The first-order valence-electron chi connectivity index (χ1n) is 7.13. The van der Waals surface area contributed by atoms with Gasteiger partial charge in [-0.3, -0.25) is 19.3 Å². The first-order valence-corrected chi connectivity index (χ1v) is 7.13. The number of aliphatic carboxylic acids is 1. The van der Waals surface area contributed by atoms with Crippen molar-refractivity contribution >= 4 is 17.8 Å². The zero-order valence-electron chi connectivity index (χ0n) is 12.0. The molecule has 2 rings (SSSR count). The van der Waals surface area contributed by atoms with Crippen molar-refractivity contribution in [2.45, 2.75) is 32.1 Å². The molecule has 1 fully saturated rings. The molecule has 1 aliphatic heterocycles. The van der Waals surface area contributed by atoms with Gasteiger partial charge in [0, 0.05) is 19.4 Å². The third-order valence-corrected chi connectivity index (χ3v) is 3.93. The number of rotatable bonds is 6. The molecule has 0 spiro atoms. The Hall–Kier alpha value is -2.17. The highest BCUT2D eigenvalue weighted by atomic mass is 16.4. The van der Waals surface area contributed by atoms with E-state index in [1.807, 2.05) is 37.3 Å². The van der Waals surface area contributed by atoms with E-state index in [-0.39, 0.29) is 37.1 Å². The highest BCUT2D eigenvalue weighted by molar-refractivity contribution is 6.06. The van der Waals surface area contributed by atoms with Crippen molar-refractivity contribution in [2.75, 3.05) is 6.54 Å². The van der Waals surface area contributed by atoms with Crippen LogP contribution in [0.4, 0.5) is 0 Å². The number of carbonyl (C=O) groups excluding carboxylic acids is 2. The minimum Gasteiger partial charge on any atom is -0.481 e. The molecule has 21 heavy (non-hydrogen) atoms. The number of carboxylic acids is 1. The Kier molecular flexibility index (Phi) is 4.73. The van der Waals surface area contributed by atoms with Crippen molar-refractivity contribution in [3.05, 3.63) is 35.9 Å². The number of carbonyl (C=O) groups is 3. The molecule has 2 atom stereocenters. The summed E-state index contributed by atoms with van der Waals surface area (Å²) < 4.78 is 0. The summed E-state index contributed by atoms with van der Waals surface area (Å²) in [4.78, 5) is 36.5. The minimum absolute atomic E-state index is 0.0242. The van der Waals surface area contributed by atoms with Crippen molar-refractivity contribution in [1.29, 1.82) is 0 Å². The summed E-state index contributed by atoms with van der Waals surface area (Å²) in [7, 11) is 0. The monoisotopic (exact) mass is 289 g/mol. The highest BCUT2D eigenvalue weighted by Crippen LogP contribution is 2.30. The molecule has 0 bridgehead atoms. The zero-order valence-corrected chi connectivity index (χ0v) is 12.0. The number of benzene rings is 1. The molecule has 0 saturated carbocycles. The predicted octanol–water partition coefficient (Wildman–Crippen LogP) is 2.03. The van der Waals surface area contributed by atoms with E-state index < -0.39 is 11.9 Å². The molecule has 1 saturated heterocycles. The van der Waals surface area contributed by atoms with Crippen LogP contribution in [-0.4, -0.2) is 34.3 Å². The zero-order chi connectivity index (χ0) is 15.4. The molecule has 5 nitrogen and oxygen atoms in total. The number of amides is 2. The van der Waals surface area contributed by atoms with E-state index >= 15 is 0 Å². The van der Waals surface area contributed by atoms with Gasteiger partial charge in [-0.05, 0) is 11.5 Å². The lowest BCUT2D eigenvalue weighted by Gasteiger charge is -2.20. The van der Waals surface area contributed by atoms with Crippen molar-refractivity contribution in [3.8, 4) is 0 Å². The Bertz CT molecular complexity index is 540. The van der Waals surface area contributed by atoms with E-state index in [1.54, 1.807) is 0 Å². The fourth-order valence-electron chi connectivity index (χ4n) is 2.66. The topological polar surface area (TPSA) is 74.7 Å². The van der Waals surface area contributed by atoms with Gasteiger partial charge in [0.1, 0.15) is 0 Å². The van der Waals surface area contributed by atoms with Crippen LogP contribution in [0.25, 0.3) is 0 Å². The third kappa shape index (κ3) is 3.48. The Morgan fingerprint density at radius 2 is 2.00 bits per heavy atom. The van der Waals surface area contributed by atoms with Gasteiger partial charge in [0.05, 0.1) is 5.92 Å². The molecule has 1 aromatic carbocycles. The van der Waals surface area contributed by atoms with Gasteiger partial charge < -0.3 is 5.11 Å². The maximum Gasteiger partial charge on any atom is 0.303 e. The average molecular weight is 289 g/mol. The van der Waals surface area contributed by atoms with Gasteiger partial charge in [0.2, 0.25) is 11.8 Å². The van der Waals surface area contributed by atoms with Gasteiger partial charge in [-0.15, -0.1) is 0 Å². The lowest BCUT2D eigenvalue weighted by molar-refractivity contribution is -0.143. The number of hydrogen-bond donors (Lipinski definition) is 1. The van der Waals surface area contributed by atoms with E-state index in [0.29, 0.717) is 6.42 Å². The summed E-state index contributed by atoms with van der Waals surface area (Å²) >= 11 is 0. The van der Waals surface area contributed by atoms with Gasteiger partial charge in [0.25, 0.3) is 0 Å². The number of imide groups is 1. The molecule has 2 amide bonds. The fourth-order valence-corrected chi connectivity index (χ4v) is 2.66.